The maximum Gasteiger partial charge on any atom is 0.180 e. The van der Waals surface area contributed by atoms with E-state index < -0.39 is 9.84 Å². The molecule has 90 valence electrons. The van der Waals surface area contributed by atoms with Crippen LogP contribution in [0.5, 0.6) is 0 Å². The highest BCUT2D eigenvalue weighted by Crippen LogP contribution is 2.17. The van der Waals surface area contributed by atoms with Crippen LogP contribution in [-0.2, 0) is 16.4 Å². The van der Waals surface area contributed by atoms with E-state index in [9.17, 15) is 8.42 Å². The molecule has 0 aliphatic carbocycles. The summed E-state index contributed by atoms with van der Waals surface area (Å²) in [5.41, 5.74) is 0. The van der Waals surface area contributed by atoms with Gasteiger partial charge in [0.15, 0.2) is 9.84 Å². The van der Waals surface area contributed by atoms with Crippen LogP contribution in [0, 0.1) is 0 Å². The van der Waals surface area contributed by atoms with Crippen molar-refractivity contribution < 1.29 is 8.42 Å². The first kappa shape index (κ1) is 12.2. The number of aryl methyl sites for hydroxylation is 1. The van der Waals surface area contributed by atoms with Crippen molar-refractivity contribution in [3.63, 3.8) is 0 Å². The Morgan fingerprint density at radius 3 is 2.82 bits per heavy atom. The Hall–Kier alpha value is -1.28. The van der Waals surface area contributed by atoms with Gasteiger partial charge in [-0.3, -0.25) is 0 Å². The molecule has 17 heavy (non-hydrogen) atoms. The zero-order valence-electron chi connectivity index (χ0n) is 8.69. The maximum absolute atomic E-state index is 12.0. The van der Waals surface area contributed by atoms with Gasteiger partial charge in [0.2, 0.25) is 0 Å². The summed E-state index contributed by atoms with van der Waals surface area (Å²) in [6, 6.07) is 6.61. The van der Waals surface area contributed by atoms with E-state index in [1.165, 1.54) is 11.0 Å². The molecule has 0 fully saturated rings. The predicted molar refractivity (Wildman–Crippen MR) is 64.0 cm³/mol. The smallest absolute Gasteiger partial charge is 0.180 e. The second kappa shape index (κ2) is 4.92. The van der Waals surface area contributed by atoms with Crippen LogP contribution in [0.4, 0.5) is 0 Å². The van der Waals surface area contributed by atoms with E-state index in [2.05, 4.69) is 31.5 Å². The van der Waals surface area contributed by atoms with Gasteiger partial charge in [-0.05, 0) is 28.6 Å². The molecule has 2 rings (SSSR count). The third-order valence-electron chi connectivity index (χ3n) is 2.14. The molecule has 0 atom stereocenters. The van der Waals surface area contributed by atoms with Gasteiger partial charge >= 0.3 is 0 Å². The molecule has 0 unspecified atom stereocenters. The standard InChI is InChI=1S/C9H9BrN4O2S/c10-8-2-1-3-9(6-8)17(15,16)5-4-14-7-11-12-13-14/h1-3,6-7H,4-5H2. The second-order valence-corrected chi connectivity index (χ2v) is 6.37. The molecule has 1 aromatic carbocycles. The lowest BCUT2D eigenvalue weighted by molar-refractivity contribution is 0.575. The van der Waals surface area contributed by atoms with E-state index in [1.807, 2.05) is 0 Å². The second-order valence-electron chi connectivity index (χ2n) is 3.35. The van der Waals surface area contributed by atoms with Crippen molar-refractivity contribution >= 4 is 25.8 Å². The van der Waals surface area contributed by atoms with Gasteiger partial charge < -0.3 is 0 Å². The minimum Gasteiger partial charge on any atom is -0.231 e. The Kier molecular flexibility index (Phi) is 3.53. The third-order valence-corrected chi connectivity index (χ3v) is 4.32. The van der Waals surface area contributed by atoms with Crippen molar-refractivity contribution in [2.75, 3.05) is 5.75 Å². The fourth-order valence-electron chi connectivity index (χ4n) is 1.27. The van der Waals surface area contributed by atoms with Crippen LogP contribution in [0.3, 0.4) is 0 Å². The summed E-state index contributed by atoms with van der Waals surface area (Å²) in [6.07, 6.45) is 1.39. The number of benzene rings is 1. The molecule has 1 heterocycles. The van der Waals surface area contributed by atoms with Crippen LogP contribution in [0.1, 0.15) is 0 Å². The molecule has 0 N–H and O–H groups in total. The topological polar surface area (TPSA) is 77.7 Å². The number of rotatable bonds is 4. The van der Waals surface area contributed by atoms with Gasteiger partial charge in [0.25, 0.3) is 0 Å². The maximum atomic E-state index is 12.0. The van der Waals surface area contributed by atoms with Gasteiger partial charge in [-0.15, -0.1) is 5.10 Å². The van der Waals surface area contributed by atoms with Crippen LogP contribution >= 0.6 is 15.9 Å². The third kappa shape index (κ3) is 3.10. The highest BCUT2D eigenvalue weighted by Gasteiger charge is 2.14. The molecule has 0 radical (unpaired) electrons. The van der Waals surface area contributed by atoms with Gasteiger partial charge in [0.05, 0.1) is 17.2 Å². The summed E-state index contributed by atoms with van der Waals surface area (Å²) in [5, 5.41) is 10.5. The van der Waals surface area contributed by atoms with Crippen LogP contribution < -0.4 is 0 Å². The number of tetrazole rings is 1. The monoisotopic (exact) mass is 316 g/mol. The van der Waals surface area contributed by atoms with E-state index >= 15 is 0 Å². The average molecular weight is 317 g/mol. The quantitative estimate of drug-likeness (QED) is 0.837. The zero-order chi connectivity index (χ0) is 12.3. The Bertz CT molecular complexity index is 597. The number of hydrogen-bond donors (Lipinski definition) is 0. The summed E-state index contributed by atoms with van der Waals surface area (Å²) < 4.78 is 26.1. The van der Waals surface area contributed by atoms with Crippen molar-refractivity contribution in [2.24, 2.45) is 0 Å². The Morgan fingerprint density at radius 1 is 1.35 bits per heavy atom. The van der Waals surface area contributed by atoms with Gasteiger partial charge in [0, 0.05) is 4.47 Å². The van der Waals surface area contributed by atoms with Crippen LogP contribution in [0.2, 0.25) is 0 Å². The number of sulfone groups is 1. The first-order chi connectivity index (χ1) is 8.08. The minimum absolute atomic E-state index is 0.0332. The lowest BCUT2D eigenvalue weighted by Gasteiger charge is -2.04. The fraction of sp³-hybridized carbons (Fsp3) is 0.222. The fourth-order valence-corrected chi connectivity index (χ4v) is 3.08. The number of nitrogens with zero attached hydrogens (tertiary/aromatic N) is 4. The Labute approximate surface area is 107 Å². The number of aromatic nitrogens is 4. The van der Waals surface area contributed by atoms with Crippen molar-refractivity contribution in [3.8, 4) is 0 Å². The molecule has 0 spiro atoms. The van der Waals surface area contributed by atoms with Crippen LogP contribution in [0.15, 0.2) is 40.0 Å². The highest BCUT2D eigenvalue weighted by molar-refractivity contribution is 9.10. The Morgan fingerprint density at radius 2 is 2.18 bits per heavy atom. The van der Waals surface area contributed by atoms with E-state index in [4.69, 9.17) is 0 Å². The molecular weight excluding hydrogens is 308 g/mol. The van der Waals surface area contributed by atoms with Crippen molar-refractivity contribution in [1.29, 1.82) is 0 Å². The van der Waals surface area contributed by atoms with Gasteiger partial charge in [-0.2, -0.15) is 0 Å². The van der Waals surface area contributed by atoms with E-state index in [0.717, 1.165) is 4.47 Å². The van der Waals surface area contributed by atoms with Gasteiger partial charge in [-0.1, -0.05) is 22.0 Å². The minimum atomic E-state index is -3.31. The molecule has 0 saturated heterocycles. The predicted octanol–water partition coefficient (Wildman–Crippen LogP) is 0.909. The molecule has 1 aromatic heterocycles. The van der Waals surface area contributed by atoms with Crippen molar-refractivity contribution in [2.45, 2.75) is 11.4 Å². The van der Waals surface area contributed by atoms with Crippen LogP contribution in [0.25, 0.3) is 0 Å². The molecule has 0 bridgehead atoms. The van der Waals surface area contributed by atoms with Gasteiger partial charge in [-0.25, -0.2) is 13.1 Å². The normalized spacial score (nSPS) is 11.6. The SMILES string of the molecule is O=S(=O)(CCn1cnnn1)c1cccc(Br)c1. The molecule has 8 heteroatoms. The molecule has 0 aliphatic heterocycles. The largest absolute Gasteiger partial charge is 0.231 e. The molecule has 0 amide bonds. The highest BCUT2D eigenvalue weighted by atomic mass is 79.9. The Balaban J connectivity index is 2.14. The molecule has 0 saturated carbocycles. The number of hydrogen-bond acceptors (Lipinski definition) is 5. The van der Waals surface area contributed by atoms with Crippen molar-refractivity contribution in [1.82, 2.24) is 20.2 Å². The van der Waals surface area contributed by atoms with E-state index in [-0.39, 0.29) is 12.3 Å². The van der Waals surface area contributed by atoms with Crippen LogP contribution in [-0.4, -0.2) is 34.4 Å². The first-order valence-corrected chi connectivity index (χ1v) is 7.21. The summed E-state index contributed by atoms with van der Waals surface area (Å²) in [5.74, 6) is -0.0332. The lowest BCUT2D eigenvalue weighted by atomic mass is 10.4. The van der Waals surface area contributed by atoms with Gasteiger partial charge in [0.1, 0.15) is 6.33 Å². The zero-order valence-corrected chi connectivity index (χ0v) is 11.1. The lowest BCUT2D eigenvalue weighted by Crippen LogP contribution is -2.13. The molecule has 0 aliphatic rings. The average Bonchev–Trinajstić information content (AvgIpc) is 2.79. The molecule has 6 nitrogen and oxygen atoms in total. The van der Waals surface area contributed by atoms with E-state index in [0.29, 0.717) is 4.90 Å². The summed E-state index contributed by atoms with van der Waals surface area (Å²) in [6.45, 7) is 0.238. The molecule has 2 aromatic rings. The number of halogens is 1. The molecular formula is C9H9BrN4O2S. The van der Waals surface area contributed by atoms with Crippen molar-refractivity contribution in [3.05, 3.63) is 35.1 Å². The summed E-state index contributed by atoms with van der Waals surface area (Å²) >= 11 is 3.24. The van der Waals surface area contributed by atoms with E-state index in [1.54, 1.807) is 24.3 Å². The summed E-state index contributed by atoms with van der Waals surface area (Å²) in [4.78, 5) is 0.292. The first-order valence-electron chi connectivity index (χ1n) is 4.77. The summed E-state index contributed by atoms with van der Waals surface area (Å²) in [7, 11) is -3.31.